The second kappa shape index (κ2) is 15.1. The first-order valence-corrected chi connectivity index (χ1v) is 18.3. The summed E-state index contributed by atoms with van der Waals surface area (Å²) < 4.78 is 33.8. The second-order valence-electron chi connectivity index (χ2n) is 14.5. The van der Waals surface area contributed by atoms with Crippen LogP contribution in [0.1, 0.15) is 53.4 Å². The Morgan fingerprint density at radius 1 is 0.523 bits per heavy atom. The van der Waals surface area contributed by atoms with Crippen LogP contribution in [0, 0.1) is 5.92 Å². The number of allylic oxidation sites excluding steroid dienone is 1. The molecule has 0 aromatic heterocycles. The molecule has 1 saturated heterocycles. The highest BCUT2D eigenvalue weighted by atomic mass is 16.7. The van der Waals surface area contributed by atoms with Crippen LogP contribution >= 0.6 is 0 Å². The number of fused-ring (bicyclic) bond motifs is 6. The summed E-state index contributed by atoms with van der Waals surface area (Å²) in [5.74, 6) is -28.2. The van der Waals surface area contributed by atoms with E-state index in [0.717, 1.165) is 0 Å². The molecule has 1 unspecified atom stereocenters. The predicted molar refractivity (Wildman–Crippen MR) is 200 cm³/mol. The molecule has 6 atom stereocenters. The molecule has 3 aliphatic heterocycles. The Hall–Kier alpha value is -9.00. The third-order valence-electron chi connectivity index (χ3n) is 10.7. The van der Waals surface area contributed by atoms with Crippen molar-refractivity contribution in [2.75, 3.05) is 6.61 Å². The summed E-state index contributed by atoms with van der Waals surface area (Å²) in [6.07, 6.45) is -12.9. The molecule has 4 bridgehead atoms. The number of aliphatic hydroxyl groups is 1. The average Bonchev–Trinajstić information content (AvgIpc) is 3.55. The van der Waals surface area contributed by atoms with E-state index in [9.17, 15) is 95.2 Å². The van der Waals surface area contributed by atoms with Crippen molar-refractivity contribution in [2.45, 2.75) is 37.1 Å². The molecular formula is C40H28O25. The molecular weight excluding hydrogens is 880 g/mol. The van der Waals surface area contributed by atoms with Crippen LogP contribution in [-0.4, -0.2) is 139 Å². The molecule has 0 saturated carbocycles. The third-order valence-corrected chi connectivity index (χ3v) is 10.7. The van der Waals surface area contributed by atoms with Gasteiger partial charge in [-0.3, -0.25) is 9.59 Å². The van der Waals surface area contributed by atoms with Gasteiger partial charge >= 0.3 is 29.8 Å². The predicted octanol–water partition coefficient (Wildman–Crippen LogP) is 1.11. The van der Waals surface area contributed by atoms with Crippen LogP contribution < -0.4 is 0 Å². The average molecular weight is 909 g/mol. The highest BCUT2D eigenvalue weighted by molar-refractivity contribution is 6.14. The van der Waals surface area contributed by atoms with Gasteiger partial charge in [0.2, 0.25) is 29.6 Å². The maximum Gasteiger partial charge on any atom is 0.340 e. The molecule has 8 rings (SSSR count). The number of hydrogen-bond acceptors (Lipinski definition) is 25. The van der Waals surface area contributed by atoms with E-state index in [2.05, 4.69) is 0 Å². The lowest BCUT2D eigenvalue weighted by Crippen LogP contribution is -2.63. The maximum atomic E-state index is 14.5. The molecule has 13 N–H and O–H groups in total. The highest BCUT2D eigenvalue weighted by Crippen LogP contribution is 2.54. The first kappa shape index (κ1) is 42.7. The topological polar surface area (TPSA) is 421 Å². The number of hydrogen-bond donors (Lipinski definition) is 13. The smallest absolute Gasteiger partial charge is 0.340 e. The van der Waals surface area contributed by atoms with Gasteiger partial charge in [0, 0.05) is 28.7 Å². The van der Waals surface area contributed by atoms with Crippen molar-refractivity contribution in [2.24, 2.45) is 5.92 Å². The first-order chi connectivity index (χ1) is 30.6. The fourth-order valence-electron chi connectivity index (χ4n) is 7.62. The number of phenolic OH excluding ortho intramolecular Hbond substituents is 12. The van der Waals surface area contributed by atoms with Gasteiger partial charge in [0.15, 0.2) is 75.5 Å². The summed E-state index contributed by atoms with van der Waals surface area (Å²) in [6, 6.07) is 2.47. The van der Waals surface area contributed by atoms with E-state index in [1.807, 2.05) is 0 Å². The fraction of sp³-hybridized carbons (Fsp3) is 0.200. The van der Waals surface area contributed by atoms with Gasteiger partial charge in [-0.05, 0) is 30.3 Å². The molecule has 0 radical (unpaired) electrons. The lowest BCUT2D eigenvalue weighted by molar-refractivity contribution is -0.287. The number of carbonyl (C=O) groups excluding carboxylic acids is 6. The Labute approximate surface area is 358 Å². The Balaban J connectivity index is 1.38. The van der Waals surface area contributed by atoms with Gasteiger partial charge in [0.25, 0.3) is 0 Å². The summed E-state index contributed by atoms with van der Waals surface area (Å²) >= 11 is 0. The van der Waals surface area contributed by atoms with Crippen LogP contribution in [0.5, 0.6) is 69.0 Å². The number of aromatic hydroxyl groups is 12. The molecule has 1 aliphatic carbocycles. The van der Waals surface area contributed by atoms with Crippen LogP contribution in [-0.2, 0) is 38.0 Å². The van der Waals surface area contributed by atoms with E-state index in [0.29, 0.717) is 30.3 Å². The zero-order chi connectivity index (χ0) is 47.2. The van der Waals surface area contributed by atoms with Crippen molar-refractivity contribution >= 4 is 41.2 Å². The van der Waals surface area contributed by atoms with Crippen molar-refractivity contribution in [3.8, 4) is 80.1 Å². The number of carbonyl (C=O) groups is 6. The highest BCUT2D eigenvalue weighted by Gasteiger charge is 2.57. The summed E-state index contributed by atoms with van der Waals surface area (Å²) in [4.78, 5) is 83.7. The lowest BCUT2D eigenvalue weighted by atomic mass is 9.89. The first-order valence-electron chi connectivity index (χ1n) is 18.3. The molecule has 4 aliphatic rings. The quantitative estimate of drug-likeness (QED) is 0.0761. The van der Waals surface area contributed by atoms with Gasteiger partial charge in [0.1, 0.15) is 12.7 Å². The molecule has 0 amide bonds. The second-order valence-corrected chi connectivity index (χ2v) is 14.5. The summed E-state index contributed by atoms with van der Waals surface area (Å²) in [5.41, 5.74) is -7.90. The maximum absolute atomic E-state index is 14.5. The van der Waals surface area contributed by atoms with Crippen molar-refractivity contribution in [3.63, 3.8) is 0 Å². The fourth-order valence-corrected chi connectivity index (χ4v) is 7.62. The Morgan fingerprint density at radius 2 is 0.985 bits per heavy atom. The van der Waals surface area contributed by atoms with Crippen LogP contribution in [0.25, 0.3) is 16.7 Å². The summed E-state index contributed by atoms with van der Waals surface area (Å²) in [7, 11) is 0. The molecule has 3 heterocycles. The molecule has 338 valence electrons. The molecule has 4 aromatic carbocycles. The van der Waals surface area contributed by atoms with Crippen molar-refractivity contribution in [1.82, 2.24) is 0 Å². The molecule has 0 spiro atoms. The normalized spacial score (nSPS) is 22.8. The monoisotopic (exact) mass is 908 g/mol. The summed E-state index contributed by atoms with van der Waals surface area (Å²) in [6.45, 7) is -1.23. The van der Waals surface area contributed by atoms with Gasteiger partial charge in [-0.2, -0.15) is 0 Å². The number of cyclic esters (lactones) is 1. The largest absolute Gasteiger partial charge is 0.504 e. The van der Waals surface area contributed by atoms with E-state index in [1.165, 1.54) is 0 Å². The van der Waals surface area contributed by atoms with Crippen molar-refractivity contribution in [1.29, 1.82) is 0 Å². The van der Waals surface area contributed by atoms with Gasteiger partial charge < -0.3 is 94.8 Å². The van der Waals surface area contributed by atoms with E-state index >= 15 is 0 Å². The molecule has 65 heavy (non-hydrogen) atoms. The molecule has 25 nitrogen and oxygen atoms in total. The van der Waals surface area contributed by atoms with Crippen molar-refractivity contribution < 1.29 is 124 Å². The van der Waals surface area contributed by atoms with E-state index < -0.39 is 205 Å². The molecule has 25 heteroatoms. The van der Waals surface area contributed by atoms with Crippen LogP contribution in [0.15, 0.2) is 36.1 Å². The van der Waals surface area contributed by atoms with Crippen molar-refractivity contribution in [3.05, 3.63) is 63.9 Å². The van der Waals surface area contributed by atoms with Crippen LogP contribution in [0.4, 0.5) is 0 Å². The number of phenols is 12. The number of Topliss-reactive ketones (excluding diaryl/α,β-unsaturated/α-hetero) is 1. The Morgan fingerprint density at radius 3 is 1.52 bits per heavy atom. The molecule has 1 fully saturated rings. The van der Waals surface area contributed by atoms with Gasteiger partial charge in [-0.25, -0.2) is 19.2 Å². The minimum absolute atomic E-state index is 0.392. The third kappa shape index (κ3) is 6.69. The Bertz CT molecular complexity index is 2850. The van der Waals surface area contributed by atoms with Crippen LogP contribution in [0.2, 0.25) is 0 Å². The number of aliphatic hydroxyl groups excluding tert-OH is 1. The zero-order valence-corrected chi connectivity index (χ0v) is 32.0. The SMILES string of the molecule is O=C1CC2C(=O)O[C@H]3[C@@H]4OC(=O)c5cc(O)c(O)c(O)c5-c5c(cc(O)c(O)c5O)C(=O)OC[C@H]3O[C@@H](OC(=O)c3cc(O)c(O)c(O)c3)[C@@H]4OC(=O)c3cc(O)c(O)c(O)c3C2=C1O. The number of ketones is 1. The Kier molecular flexibility index (Phi) is 9.93. The van der Waals surface area contributed by atoms with Gasteiger partial charge in [-0.1, -0.05) is 0 Å². The number of ether oxygens (including phenoxy) is 6. The van der Waals surface area contributed by atoms with Crippen LogP contribution in [0.3, 0.4) is 0 Å². The number of benzene rings is 4. The van der Waals surface area contributed by atoms with Gasteiger partial charge in [0.05, 0.1) is 28.2 Å². The van der Waals surface area contributed by atoms with E-state index in [1.54, 1.807) is 0 Å². The zero-order valence-electron chi connectivity index (χ0n) is 32.0. The van der Waals surface area contributed by atoms with Gasteiger partial charge in [-0.15, -0.1) is 0 Å². The number of rotatable bonds is 2. The number of esters is 5. The minimum atomic E-state index is -2.51. The van der Waals surface area contributed by atoms with E-state index in [-0.39, 0.29) is 0 Å². The molecule has 4 aromatic rings. The minimum Gasteiger partial charge on any atom is -0.504 e. The summed E-state index contributed by atoms with van der Waals surface area (Å²) in [5, 5.41) is 137. The van der Waals surface area contributed by atoms with E-state index in [4.69, 9.17) is 28.4 Å². The standard InChI is InChI=1S/C40H28O25/c41-13-1-8(2-14(42)24(13)47)35(55)65-40-34-33-32(62-37(57)10-4-15(43)25(48)20(10)22-11(39(59)64-34)5-17(45)27(50)30(22)53)19(61-40)7-60-36(56)9-3-16(44)26(49)29(52)21(9)23-12(38(58)63-33)6-18(46)28(51)31(23)54/h1-3,5-6,10,19,32-34,40-42,44-54H,4,7H2/t10?,19-,32-,33+,34-,40+/m1/s1. The lowest BCUT2D eigenvalue weighted by Gasteiger charge is -2.44.